The summed E-state index contributed by atoms with van der Waals surface area (Å²) in [5.41, 5.74) is 2.53. The zero-order valence-electron chi connectivity index (χ0n) is 15.4. The Labute approximate surface area is 161 Å². The quantitative estimate of drug-likeness (QED) is 0.791. The van der Waals surface area contributed by atoms with Gasteiger partial charge in [-0.2, -0.15) is 0 Å². The minimum atomic E-state index is 0.692. The predicted octanol–water partition coefficient (Wildman–Crippen LogP) is 2.93. The average molecular weight is 370 g/mol. The molecule has 0 atom stereocenters. The van der Waals surface area contributed by atoms with E-state index in [0.29, 0.717) is 6.54 Å². The van der Waals surface area contributed by atoms with Crippen molar-refractivity contribution in [2.45, 2.75) is 13.0 Å². The Hall–Kier alpha value is -2.11. The Balaban J connectivity index is 1.40. The van der Waals surface area contributed by atoms with Crippen molar-refractivity contribution in [2.75, 3.05) is 39.8 Å². The molecule has 26 heavy (non-hydrogen) atoms. The van der Waals surface area contributed by atoms with Gasteiger partial charge in [-0.05, 0) is 30.3 Å². The van der Waals surface area contributed by atoms with Crippen LogP contribution in [0.5, 0.6) is 5.75 Å². The fourth-order valence-electron chi connectivity index (χ4n) is 3.24. The van der Waals surface area contributed by atoms with E-state index in [1.165, 1.54) is 5.56 Å². The van der Waals surface area contributed by atoms with E-state index in [2.05, 4.69) is 51.5 Å². The maximum absolute atomic E-state index is 5.59. The molecule has 1 aliphatic heterocycles. The molecule has 1 heterocycles. The molecule has 0 spiro atoms. The van der Waals surface area contributed by atoms with Crippen LogP contribution in [0.15, 0.2) is 54.6 Å². The van der Waals surface area contributed by atoms with Crippen LogP contribution >= 0.6 is 12.2 Å². The van der Waals surface area contributed by atoms with Crippen LogP contribution in [0.25, 0.3) is 0 Å². The lowest BCUT2D eigenvalue weighted by Gasteiger charge is -2.36. The summed E-state index contributed by atoms with van der Waals surface area (Å²) in [6.07, 6.45) is 1.11. The first-order chi connectivity index (χ1) is 12.8. The third-order valence-corrected chi connectivity index (χ3v) is 5.24. The fraction of sp³-hybridized carbons (Fsp3) is 0.381. The van der Waals surface area contributed by atoms with Crippen molar-refractivity contribution in [3.8, 4) is 5.75 Å². The smallest absolute Gasteiger partial charge is 0.169 e. The summed E-state index contributed by atoms with van der Waals surface area (Å²) in [6, 6.07) is 18.7. The van der Waals surface area contributed by atoms with Gasteiger partial charge in [0.05, 0.1) is 7.11 Å². The first kappa shape index (κ1) is 18.7. The number of hydrogen-bond donors (Lipinski definition) is 1. The first-order valence-corrected chi connectivity index (χ1v) is 9.58. The molecule has 0 saturated carbocycles. The number of para-hydroxylation sites is 1. The monoisotopic (exact) mass is 369 g/mol. The number of rotatable bonds is 6. The minimum absolute atomic E-state index is 0.692. The average Bonchev–Trinajstić information content (AvgIpc) is 2.72. The first-order valence-electron chi connectivity index (χ1n) is 9.17. The van der Waals surface area contributed by atoms with E-state index in [4.69, 9.17) is 17.0 Å². The van der Waals surface area contributed by atoms with Gasteiger partial charge in [-0.25, -0.2) is 0 Å². The number of nitrogens with one attached hydrogen (secondary N) is 1. The van der Waals surface area contributed by atoms with Gasteiger partial charge < -0.3 is 15.0 Å². The molecule has 4 nitrogen and oxygen atoms in total. The van der Waals surface area contributed by atoms with Crippen LogP contribution < -0.4 is 10.1 Å². The molecule has 0 unspecified atom stereocenters. The van der Waals surface area contributed by atoms with Crippen LogP contribution in [0.3, 0.4) is 0 Å². The third-order valence-electron chi connectivity index (χ3n) is 4.84. The number of nitrogens with zero attached hydrogens (tertiary/aromatic N) is 2. The molecule has 0 aliphatic carbocycles. The van der Waals surface area contributed by atoms with Crippen molar-refractivity contribution in [2.24, 2.45) is 0 Å². The summed E-state index contributed by atoms with van der Waals surface area (Å²) < 4.78 is 5.40. The summed E-state index contributed by atoms with van der Waals surface area (Å²) in [7, 11) is 1.70. The molecule has 0 radical (unpaired) electrons. The van der Waals surface area contributed by atoms with Crippen LogP contribution in [0.4, 0.5) is 0 Å². The highest BCUT2D eigenvalue weighted by atomic mass is 32.1. The summed E-state index contributed by atoms with van der Waals surface area (Å²) in [4.78, 5) is 4.79. The van der Waals surface area contributed by atoms with Crippen molar-refractivity contribution in [3.05, 3.63) is 65.7 Å². The maximum Gasteiger partial charge on any atom is 0.169 e. The van der Waals surface area contributed by atoms with Crippen molar-refractivity contribution in [3.63, 3.8) is 0 Å². The molecular formula is C21H27N3OS. The summed E-state index contributed by atoms with van der Waals surface area (Å²) in [6.45, 7) is 5.88. The third kappa shape index (κ3) is 5.19. The Bertz CT molecular complexity index is 699. The molecule has 1 fully saturated rings. The van der Waals surface area contributed by atoms with Crippen molar-refractivity contribution >= 4 is 17.3 Å². The highest BCUT2D eigenvalue weighted by Gasteiger charge is 2.18. The lowest BCUT2D eigenvalue weighted by molar-refractivity contribution is 0.183. The number of ether oxygens (including phenoxy) is 1. The maximum atomic E-state index is 5.59. The molecule has 2 aromatic rings. The van der Waals surface area contributed by atoms with E-state index in [1.807, 2.05) is 18.2 Å². The largest absolute Gasteiger partial charge is 0.496 e. The van der Waals surface area contributed by atoms with Crippen LogP contribution in [0.1, 0.15) is 11.1 Å². The molecular weight excluding hydrogens is 342 g/mol. The molecule has 1 saturated heterocycles. The van der Waals surface area contributed by atoms with Gasteiger partial charge in [0, 0.05) is 44.8 Å². The van der Waals surface area contributed by atoms with Crippen LogP contribution in [0, 0.1) is 0 Å². The normalized spacial score (nSPS) is 14.9. The van der Waals surface area contributed by atoms with Gasteiger partial charge >= 0.3 is 0 Å². The lowest BCUT2D eigenvalue weighted by atomic mass is 10.1. The SMILES string of the molecule is COc1ccccc1CNC(=S)N1CCN(CCc2ccccc2)CC1. The molecule has 3 rings (SSSR count). The number of hydrogen-bond acceptors (Lipinski definition) is 3. The minimum Gasteiger partial charge on any atom is -0.496 e. The van der Waals surface area contributed by atoms with Gasteiger partial charge in [-0.1, -0.05) is 48.5 Å². The lowest BCUT2D eigenvalue weighted by Crippen LogP contribution is -2.51. The Morgan fingerprint density at radius 2 is 1.69 bits per heavy atom. The Morgan fingerprint density at radius 1 is 1.00 bits per heavy atom. The molecule has 2 aromatic carbocycles. The Kier molecular flexibility index (Phi) is 6.86. The number of piperazine rings is 1. The molecule has 5 heteroatoms. The van der Waals surface area contributed by atoms with E-state index < -0.39 is 0 Å². The zero-order chi connectivity index (χ0) is 18.2. The van der Waals surface area contributed by atoms with Crippen LogP contribution in [-0.4, -0.2) is 54.7 Å². The predicted molar refractivity (Wildman–Crippen MR) is 111 cm³/mol. The number of thiocarbonyl (C=S) groups is 1. The van der Waals surface area contributed by atoms with Gasteiger partial charge in [0.25, 0.3) is 0 Å². The molecule has 1 N–H and O–H groups in total. The van der Waals surface area contributed by atoms with Crippen molar-refractivity contribution in [1.29, 1.82) is 0 Å². The van der Waals surface area contributed by atoms with E-state index in [-0.39, 0.29) is 0 Å². The van der Waals surface area contributed by atoms with Gasteiger partial charge in [0.15, 0.2) is 5.11 Å². The number of methoxy groups -OCH3 is 1. The van der Waals surface area contributed by atoms with Crippen molar-refractivity contribution < 1.29 is 4.74 Å². The van der Waals surface area contributed by atoms with Crippen LogP contribution in [0.2, 0.25) is 0 Å². The van der Waals surface area contributed by atoms with Crippen LogP contribution in [-0.2, 0) is 13.0 Å². The van der Waals surface area contributed by atoms with Gasteiger partial charge in [-0.3, -0.25) is 4.90 Å². The molecule has 1 aliphatic rings. The van der Waals surface area contributed by atoms with Crippen molar-refractivity contribution in [1.82, 2.24) is 15.1 Å². The standard InChI is InChI=1S/C21H27N3OS/c1-25-20-10-6-5-9-19(20)17-22-21(26)24-15-13-23(14-16-24)12-11-18-7-3-2-4-8-18/h2-10H,11-17H2,1H3,(H,22,26). The molecule has 138 valence electrons. The van der Waals surface area contributed by atoms with Gasteiger partial charge in [0.2, 0.25) is 0 Å². The fourth-order valence-corrected chi connectivity index (χ4v) is 3.49. The topological polar surface area (TPSA) is 27.7 Å². The zero-order valence-corrected chi connectivity index (χ0v) is 16.2. The molecule has 0 bridgehead atoms. The van der Waals surface area contributed by atoms with Gasteiger partial charge in [-0.15, -0.1) is 0 Å². The second kappa shape index (κ2) is 9.55. The molecule has 0 amide bonds. The van der Waals surface area contributed by atoms with Gasteiger partial charge in [0.1, 0.15) is 5.75 Å². The highest BCUT2D eigenvalue weighted by Crippen LogP contribution is 2.17. The summed E-state index contributed by atoms with van der Waals surface area (Å²) >= 11 is 5.59. The summed E-state index contributed by atoms with van der Waals surface area (Å²) in [5.74, 6) is 0.897. The van der Waals surface area contributed by atoms with E-state index >= 15 is 0 Å². The van der Waals surface area contributed by atoms with E-state index in [9.17, 15) is 0 Å². The summed E-state index contributed by atoms with van der Waals surface area (Å²) in [5, 5.41) is 4.21. The second-order valence-corrected chi connectivity index (χ2v) is 6.92. The highest BCUT2D eigenvalue weighted by molar-refractivity contribution is 7.80. The number of benzene rings is 2. The van der Waals surface area contributed by atoms with E-state index in [1.54, 1.807) is 7.11 Å². The molecule has 0 aromatic heterocycles. The second-order valence-electron chi connectivity index (χ2n) is 6.53. The van der Waals surface area contributed by atoms with E-state index in [0.717, 1.165) is 55.6 Å². The Morgan fingerprint density at radius 3 is 2.42 bits per heavy atom.